The summed E-state index contributed by atoms with van der Waals surface area (Å²) < 4.78 is 0.866. The summed E-state index contributed by atoms with van der Waals surface area (Å²) in [6.45, 7) is 4.64. The number of carbonyl (C=O) groups is 2. The van der Waals surface area contributed by atoms with Crippen molar-refractivity contribution in [3.05, 3.63) is 28.2 Å². The fraction of sp³-hybridized carbons (Fsp3) is 0.429. The van der Waals surface area contributed by atoms with E-state index in [1.165, 1.54) is 4.90 Å². The summed E-state index contributed by atoms with van der Waals surface area (Å²) >= 11 is 3.36. The van der Waals surface area contributed by atoms with E-state index in [2.05, 4.69) is 21.2 Å². The number of fused-ring (bicyclic) bond motifs is 1. The minimum absolute atomic E-state index is 0.00782. The Morgan fingerprint density at radius 3 is 2.85 bits per heavy atom. The van der Waals surface area contributed by atoms with E-state index in [1.54, 1.807) is 6.07 Å². The summed E-state index contributed by atoms with van der Waals surface area (Å²) in [6.07, 6.45) is 0. The van der Waals surface area contributed by atoms with Crippen LogP contribution in [-0.2, 0) is 9.59 Å². The van der Waals surface area contributed by atoms with Crippen LogP contribution in [0.15, 0.2) is 22.7 Å². The molecule has 0 saturated carbocycles. The van der Waals surface area contributed by atoms with Gasteiger partial charge >= 0.3 is 0 Å². The van der Waals surface area contributed by atoms with Crippen molar-refractivity contribution in [2.75, 3.05) is 18.0 Å². The fourth-order valence-corrected chi connectivity index (χ4v) is 2.50. The molecule has 0 saturated heterocycles. The largest absolute Gasteiger partial charge is 0.354 e. The highest BCUT2D eigenvalue weighted by molar-refractivity contribution is 9.10. The van der Waals surface area contributed by atoms with Crippen LogP contribution in [0.25, 0.3) is 0 Å². The average Bonchev–Trinajstić information content (AvgIpc) is 2.61. The van der Waals surface area contributed by atoms with Crippen molar-refractivity contribution in [1.29, 1.82) is 0 Å². The van der Waals surface area contributed by atoms with E-state index < -0.39 is 6.04 Å². The number of benzene rings is 1. The number of nitrogens with zero attached hydrogens (tertiary/aromatic N) is 1. The molecule has 1 atom stereocenters. The summed E-state index contributed by atoms with van der Waals surface area (Å²) in [5.74, 6) is -0.0356. The highest BCUT2D eigenvalue weighted by Gasteiger charge is 2.35. The molecular formula is C14H18BrN3O2. The van der Waals surface area contributed by atoms with Crippen LogP contribution in [0.4, 0.5) is 5.69 Å². The van der Waals surface area contributed by atoms with Gasteiger partial charge in [0.1, 0.15) is 12.6 Å². The van der Waals surface area contributed by atoms with Crippen molar-refractivity contribution < 1.29 is 9.59 Å². The molecule has 108 valence electrons. The number of hydrogen-bond acceptors (Lipinski definition) is 3. The molecule has 3 N–H and O–H groups in total. The van der Waals surface area contributed by atoms with Gasteiger partial charge in [0, 0.05) is 22.3 Å². The molecule has 1 heterocycles. The van der Waals surface area contributed by atoms with Crippen molar-refractivity contribution in [2.45, 2.75) is 19.9 Å². The van der Waals surface area contributed by atoms with Gasteiger partial charge in [-0.25, -0.2) is 0 Å². The molecule has 1 aliphatic rings. The van der Waals surface area contributed by atoms with Crippen molar-refractivity contribution in [3.8, 4) is 0 Å². The topological polar surface area (TPSA) is 75.4 Å². The lowest BCUT2D eigenvalue weighted by Gasteiger charge is -2.17. The molecule has 0 aliphatic carbocycles. The van der Waals surface area contributed by atoms with E-state index in [9.17, 15) is 9.59 Å². The summed E-state index contributed by atoms with van der Waals surface area (Å²) in [5, 5.41) is 2.80. The number of rotatable bonds is 4. The van der Waals surface area contributed by atoms with E-state index in [1.807, 2.05) is 26.0 Å². The normalized spacial score (nSPS) is 17.6. The Hall–Kier alpha value is -1.40. The molecule has 6 heteroatoms. The first-order valence-electron chi connectivity index (χ1n) is 6.53. The second kappa shape index (κ2) is 5.93. The standard InChI is InChI=1S/C14H18BrN3O2/c1-8(2)6-17-12(19)7-18-11-4-3-9(15)5-10(11)13(16)14(18)20/h3-5,8,13H,6-7,16H2,1-2H3,(H,17,19). The molecule has 0 aromatic heterocycles. The van der Waals surface area contributed by atoms with Crippen LogP contribution in [0.3, 0.4) is 0 Å². The third kappa shape index (κ3) is 3.02. The van der Waals surface area contributed by atoms with Crippen molar-refractivity contribution >= 4 is 33.4 Å². The van der Waals surface area contributed by atoms with E-state index in [0.717, 1.165) is 10.0 Å². The van der Waals surface area contributed by atoms with Crippen LogP contribution in [-0.4, -0.2) is 24.9 Å². The Bertz CT molecular complexity index is 545. The average molecular weight is 340 g/mol. The molecule has 2 rings (SSSR count). The number of halogens is 1. The van der Waals surface area contributed by atoms with E-state index in [0.29, 0.717) is 18.2 Å². The number of hydrogen-bond donors (Lipinski definition) is 2. The third-order valence-corrected chi connectivity index (χ3v) is 3.65. The summed E-state index contributed by atoms with van der Waals surface area (Å²) in [5.41, 5.74) is 7.37. The molecule has 1 unspecified atom stereocenters. The van der Waals surface area contributed by atoms with Crippen molar-refractivity contribution in [3.63, 3.8) is 0 Å². The maximum Gasteiger partial charge on any atom is 0.249 e. The first-order chi connectivity index (χ1) is 9.40. The van der Waals surface area contributed by atoms with Crippen molar-refractivity contribution in [2.24, 2.45) is 11.7 Å². The van der Waals surface area contributed by atoms with Gasteiger partial charge in [0.25, 0.3) is 0 Å². The van der Waals surface area contributed by atoms with E-state index in [4.69, 9.17) is 5.73 Å². The summed E-state index contributed by atoms with van der Waals surface area (Å²) in [4.78, 5) is 25.5. The summed E-state index contributed by atoms with van der Waals surface area (Å²) in [7, 11) is 0. The summed E-state index contributed by atoms with van der Waals surface area (Å²) in [6, 6.07) is 4.77. The van der Waals surface area contributed by atoms with Gasteiger partial charge in [-0.05, 0) is 24.1 Å². The van der Waals surface area contributed by atoms with Crippen LogP contribution in [0.5, 0.6) is 0 Å². The first-order valence-corrected chi connectivity index (χ1v) is 7.32. The molecule has 0 bridgehead atoms. The van der Waals surface area contributed by atoms with Gasteiger partial charge in [-0.2, -0.15) is 0 Å². The maximum atomic E-state index is 12.2. The number of carbonyl (C=O) groups excluding carboxylic acids is 2. The molecule has 1 aromatic carbocycles. The van der Waals surface area contributed by atoms with Gasteiger partial charge in [-0.15, -0.1) is 0 Å². The number of nitrogens with two attached hydrogens (primary N) is 1. The zero-order valence-electron chi connectivity index (χ0n) is 11.5. The fourth-order valence-electron chi connectivity index (χ4n) is 2.12. The minimum atomic E-state index is -0.694. The Morgan fingerprint density at radius 2 is 2.20 bits per heavy atom. The SMILES string of the molecule is CC(C)CNC(=O)CN1C(=O)C(N)c2cc(Br)ccc21. The van der Waals surface area contributed by atoms with Crippen LogP contribution in [0, 0.1) is 5.92 Å². The molecule has 1 aliphatic heterocycles. The predicted molar refractivity (Wildman–Crippen MR) is 81.3 cm³/mol. The van der Waals surface area contributed by atoms with Gasteiger partial charge in [-0.3, -0.25) is 9.59 Å². The lowest BCUT2D eigenvalue weighted by molar-refractivity contribution is -0.124. The molecule has 0 radical (unpaired) electrons. The quantitative estimate of drug-likeness (QED) is 0.874. The zero-order valence-corrected chi connectivity index (χ0v) is 13.1. The lowest BCUT2D eigenvalue weighted by atomic mass is 10.1. The molecule has 5 nitrogen and oxygen atoms in total. The van der Waals surface area contributed by atoms with Gasteiger partial charge < -0.3 is 16.0 Å². The molecule has 0 spiro atoms. The van der Waals surface area contributed by atoms with Gasteiger partial charge in [0.05, 0.1) is 0 Å². The molecule has 0 fully saturated rings. The highest BCUT2D eigenvalue weighted by Crippen LogP contribution is 2.35. The number of anilines is 1. The monoisotopic (exact) mass is 339 g/mol. The Morgan fingerprint density at radius 1 is 1.50 bits per heavy atom. The molecule has 2 amide bonds. The van der Waals surface area contributed by atoms with Gasteiger partial charge in [0.15, 0.2) is 0 Å². The molecular weight excluding hydrogens is 322 g/mol. The first kappa shape index (κ1) is 15.0. The Labute approximate surface area is 126 Å². The van der Waals surface area contributed by atoms with Gasteiger partial charge in [0.2, 0.25) is 11.8 Å². The predicted octanol–water partition coefficient (Wildman–Crippen LogP) is 1.57. The zero-order chi connectivity index (χ0) is 14.9. The lowest BCUT2D eigenvalue weighted by Crippen LogP contribution is -2.41. The van der Waals surface area contributed by atoms with Crippen LogP contribution in [0.2, 0.25) is 0 Å². The maximum absolute atomic E-state index is 12.2. The Kier molecular flexibility index (Phi) is 4.45. The highest BCUT2D eigenvalue weighted by atomic mass is 79.9. The van der Waals surface area contributed by atoms with Gasteiger partial charge in [-0.1, -0.05) is 29.8 Å². The minimum Gasteiger partial charge on any atom is -0.354 e. The van der Waals surface area contributed by atoms with Crippen LogP contribution >= 0.6 is 15.9 Å². The van der Waals surface area contributed by atoms with Crippen LogP contribution < -0.4 is 16.0 Å². The third-order valence-electron chi connectivity index (χ3n) is 3.16. The second-order valence-corrected chi connectivity index (χ2v) is 6.22. The number of nitrogens with one attached hydrogen (secondary N) is 1. The van der Waals surface area contributed by atoms with Crippen molar-refractivity contribution in [1.82, 2.24) is 5.32 Å². The molecule has 1 aromatic rings. The smallest absolute Gasteiger partial charge is 0.249 e. The second-order valence-electron chi connectivity index (χ2n) is 5.30. The Balaban J connectivity index is 2.14. The van der Waals surface area contributed by atoms with E-state index in [-0.39, 0.29) is 18.4 Å². The van der Waals surface area contributed by atoms with E-state index >= 15 is 0 Å². The molecule has 20 heavy (non-hydrogen) atoms. The van der Waals surface area contributed by atoms with Crippen LogP contribution in [0.1, 0.15) is 25.5 Å². The number of amides is 2.